The van der Waals surface area contributed by atoms with Crippen LogP contribution in [0.4, 0.5) is 4.39 Å². The smallest absolute Gasteiger partial charge is 0.224 e. The number of aromatic nitrogens is 1. The lowest BCUT2D eigenvalue weighted by Gasteiger charge is -2.38. The number of alkyl halides is 1. The monoisotopic (exact) mass is 362 g/mol. The number of likely N-dealkylation sites (N-methyl/N-ethyl adjacent to an activating group) is 1. The Kier molecular flexibility index (Phi) is 4.99. The third-order valence-electron chi connectivity index (χ3n) is 4.16. The van der Waals surface area contributed by atoms with E-state index in [1.807, 2.05) is 43.3 Å². The number of hydrogen-bond acceptors (Lipinski definition) is 3. The molecule has 0 aliphatic heterocycles. The van der Waals surface area contributed by atoms with Crippen LogP contribution in [0.15, 0.2) is 54.7 Å². The van der Waals surface area contributed by atoms with Crippen molar-refractivity contribution in [2.24, 2.45) is 0 Å². The molecule has 3 rings (SSSR count). The number of H-pyrrole nitrogens is 1. The van der Waals surface area contributed by atoms with Crippen molar-refractivity contribution < 1.29 is 14.2 Å². The number of fused-ring (bicyclic) bond motifs is 1. The number of nitrogens with zero attached hydrogens (tertiary/aromatic N) is 1. The van der Waals surface area contributed by atoms with Gasteiger partial charge in [0.2, 0.25) is 5.06 Å². The summed E-state index contributed by atoms with van der Waals surface area (Å²) in [4.78, 5) is 4.96. The minimum atomic E-state index is -1.44. The summed E-state index contributed by atoms with van der Waals surface area (Å²) < 4.78 is 19.3. The Balaban J connectivity index is 2.00. The Morgan fingerprint density at radius 2 is 1.88 bits per heavy atom. The van der Waals surface area contributed by atoms with E-state index in [2.05, 4.69) is 4.98 Å². The van der Waals surface area contributed by atoms with Gasteiger partial charge >= 0.3 is 0 Å². The molecule has 2 aromatic carbocycles. The molecule has 2 atom stereocenters. The maximum absolute atomic E-state index is 13.3. The highest BCUT2D eigenvalue weighted by atomic mass is 35.5. The second-order valence-corrected chi connectivity index (χ2v) is 6.80. The fourth-order valence-corrected chi connectivity index (χ4v) is 3.47. The molecule has 0 amide bonds. The van der Waals surface area contributed by atoms with Gasteiger partial charge in [0.25, 0.3) is 0 Å². The van der Waals surface area contributed by atoms with Crippen molar-refractivity contribution in [3.05, 3.63) is 66.1 Å². The standard InChI is InChI=1S/C19H20ClFN2O2/c1-23(2)18(13-7-9-14(21)10-8-13)19(20,12-24)25-17-11-22-16-6-4-3-5-15(16)17/h3-11,18,22,24H,12H2,1-2H3. The van der Waals surface area contributed by atoms with Crippen molar-refractivity contribution in [3.8, 4) is 5.75 Å². The van der Waals surface area contributed by atoms with Gasteiger partial charge < -0.3 is 14.8 Å². The van der Waals surface area contributed by atoms with Gasteiger partial charge in [-0.05, 0) is 43.9 Å². The number of aromatic amines is 1. The van der Waals surface area contributed by atoms with Gasteiger partial charge in [-0.3, -0.25) is 4.90 Å². The van der Waals surface area contributed by atoms with Crippen LogP contribution >= 0.6 is 11.6 Å². The number of rotatable bonds is 6. The van der Waals surface area contributed by atoms with Crippen molar-refractivity contribution in [1.82, 2.24) is 9.88 Å². The van der Waals surface area contributed by atoms with E-state index in [1.165, 1.54) is 12.1 Å². The molecule has 1 aromatic heterocycles. The summed E-state index contributed by atoms with van der Waals surface area (Å²) in [6, 6.07) is 13.2. The summed E-state index contributed by atoms with van der Waals surface area (Å²) in [7, 11) is 3.67. The summed E-state index contributed by atoms with van der Waals surface area (Å²) in [5.74, 6) is 0.219. The Labute approximate surface area is 150 Å². The van der Waals surface area contributed by atoms with Crippen LogP contribution in [0, 0.1) is 5.82 Å². The van der Waals surface area contributed by atoms with Crippen molar-refractivity contribution >= 4 is 22.5 Å². The highest BCUT2D eigenvalue weighted by Gasteiger charge is 2.42. The Morgan fingerprint density at radius 1 is 1.20 bits per heavy atom. The van der Waals surface area contributed by atoms with E-state index in [0.29, 0.717) is 5.75 Å². The summed E-state index contributed by atoms with van der Waals surface area (Å²) in [6.45, 7) is -0.422. The number of nitrogens with one attached hydrogen (secondary N) is 1. The molecule has 0 saturated heterocycles. The molecule has 0 fully saturated rings. The number of hydrogen-bond donors (Lipinski definition) is 2. The SMILES string of the molecule is CN(C)C(c1ccc(F)cc1)C(Cl)(CO)Oc1c[nH]c2ccccc12. The lowest BCUT2D eigenvalue weighted by atomic mass is 10.00. The van der Waals surface area contributed by atoms with E-state index in [1.54, 1.807) is 18.3 Å². The fourth-order valence-electron chi connectivity index (χ4n) is 3.06. The Morgan fingerprint density at radius 3 is 2.52 bits per heavy atom. The first-order valence-electron chi connectivity index (χ1n) is 7.91. The van der Waals surface area contributed by atoms with Crippen molar-refractivity contribution in [1.29, 1.82) is 0 Å². The van der Waals surface area contributed by atoms with Gasteiger partial charge in [-0.15, -0.1) is 0 Å². The summed E-state index contributed by atoms with van der Waals surface area (Å²) in [6.07, 6.45) is 1.72. The molecule has 2 unspecified atom stereocenters. The van der Waals surface area contributed by atoms with Gasteiger partial charge in [-0.2, -0.15) is 0 Å². The Hall–Kier alpha value is -2.08. The van der Waals surface area contributed by atoms with Crippen LogP contribution in [0.1, 0.15) is 11.6 Å². The first-order valence-corrected chi connectivity index (χ1v) is 8.29. The maximum Gasteiger partial charge on any atom is 0.224 e. The van der Waals surface area contributed by atoms with Crippen LogP contribution in [-0.2, 0) is 0 Å². The van der Waals surface area contributed by atoms with E-state index in [-0.39, 0.29) is 5.82 Å². The molecule has 0 spiro atoms. The molecule has 0 aliphatic rings. The molecular weight excluding hydrogens is 343 g/mol. The third-order valence-corrected chi connectivity index (χ3v) is 4.56. The van der Waals surface area contributed by atoms with E-state index in [0.717, 1.165) is 16.5 Å². The average Bonchev–Trinajstić information content (AvgIpc) is 2.99. The first kappa shape index (κ1) is 17.7. The van der Waals surface area contributed by atoms with Crippen molar-refractivity contribution in [2.45, 2.75) is 11.1 Å². The number of aliphatic hydroxyl groups is 1. The molecule has 132 valence electrons. The third kappa shape index (κ3) is 3.49. The van der Waals surface area contributed by atoms with Crippen LogP contribution < -0.4 is 4.74 Å². The minimum absolute atomic E-state index is 0.331. The topological polar surface area (TPSA) is 48.5 Å². The van der Waals surface area contributed by atoms with Gasteiger partial charge in [0.1, 0.15) is 11.6 Å². The number of halogens is 2. The molecular formula is C19H20ClFN2O2. The fraction of sp³-hybridized carbons (Fsp3) is 0.263. The summed E-state index contributed by atoms with van der Waals surface area (Å²) in [5, 5.41) is 9.46. The van der Waals surface area contributed by atoms with Gasteiger partial charge in [0, 0.05) is 17.1 Å². The lowest BCUT2D eigenvalue weighted by molar-refractivity contribution is 0.0129. The van der Waals surface area contributed by atoms with Crippen LogP contribution in [-0.4, -0.2) is 40.8 Å². The van der Waals surface area contributed by atoms with E-state index in [9.17, 15) is 9.50 Å². The van der Waals surface area contributed by atoms with Crippen LogP contribution in [0.2, 0.25) is 0 Å². The van der Waals surface area contributed by atoms with Gasteiger partial charge in [-0.1, -0.05) is 35.9 Å². The molecule has 0 saturated carbocycles. The van der Waals surface area contributed by atoms with Crippen LogP contribution in [0.3, 0.4) is 0 Å². The summed E-state index contributed by atoms with van der Waals surface area (Å²) >= 11 is 6.73. The van der Waals surface area contributed by atoms with Gasteiger partial charge in [-0.25, -0.2) is 4.39 Å². The largest absolute Gasteiger partial charge is 0.465 e. The second-order valence-electron chi connectivity index (χ2n) is 6.16. The van der Waals surface area contributed by atoms with Crippen molar-refractivity contribution in [2.75, 3.05) is 20.7 Å². The second kappa shape index (κ2) is 7.04. The zero-order valence-electron chi connectivity index (χ0n) is 14.0. The van der Waals surface area contributed by atoms with E-state index < -0.39 is 17.7 Å². The highest BCUT2D eigenvalue weighted by Crippen LogP contribution is 2.39. The number of para-hydroxylation sites is 1. The van der Waals surface area contributed by atoms with Crippen molar-refractivity contribution in [3.63, 3.8) is 0 Å². The normalized spacial score (nSPS) is 15.3. The molecule has 0 bridgehead atoms. The molecule has 6 heteroatoms. The zero-order chi connectivity index (χ0) is 18.0. The quantitative estimate of drug-likeness (QED) is 0.653. The Bertz CT molecular complexity index is 850. The zero-order valence-corrected chi connectivity index (χ0v) is 14.8. The van der Waals surface area contributed by atoms with E-state index >= 15 is 0 Å². The van der Waals surface area contributed by atoms with Crippen LogP contribution in [0.5, 0.6) is 5.75 Å². The molecule has 25 heavy (non-hydrogen) atoms. The summed E-state index contributed by atoms with van der Waals surface area (Å²) in [5.41, 5.74) is 1.66. The van der Waals surface area contributed by atoms with Gasteiger partial charge in [0.05, 0.1) is 12.6 Å². The molecule has 3 aromatic rings. The maximum atomic E-state index is 13.3. The lowest BCUT2D eigenvalue weighted by Crippen LogP contribution is -2.46. The molecule has 2 N–H and O–H groups in total. The molecule has 0 aliphatic carbocycles. The predicted molar refractivity (Wildman–Crippen MR) is 97.4 cm³/mol. The number of ether oxygens (including phenoxy) is 1. The minimum Gasteiger partial charge on any atom is -0.465 e. The number of benzene rings is 2. The average molecular weight is 363 g/mol. The van der Waals surface area contributed by atoms with Crippen LogP contribution in [0.25, 0.3) is 10.9 Å². The molecule has 1 heterocycles. The highest BCUT2D eigenvalue weighted by molar-refractivity contribution is 6.23. The molecule has 4 nitrogen and oxygen atoms in total. The van der Waals surface area contributed by atoms with Gasteiger partial charge in [0.15, 0.2) is 0 Å². The van der Waals surface area contributed by atoms with E-state index in [4.69, 9.17) is 16.3 Å². The first-order chi connectivity index (χ1) is 11.9. The molecule has 0 radical (unpaired) electrons. The number of aliphatic hydroxyl groups excluding tert-OH is 1. The predicted octanol–water partition coefficient (Wildman–Crippen LogP) is 3.92.